The summed E-state index contributed by atoms with van der Waals surface area (Å²) in [7, 11) is -4.21. The highest BCUT2D eigenvalue weighted by atomic mass is 32.2. The molecule has 4 nitrogen and oxygen atoms in total. The Bertz CT molecular complexity index is 193. The van der Waals surface area contributed by atoms with Crippen LogP contribution in [0.1, 0.15) is 25.7 Å². The van der Waals surface area contributed by atoms with E-state index in [4.69, 9.17) is 0 Å². The Kier molecular flexibility index (Phi) is 2.28. The fourth-order valence-electron chi connectivity index (χ4n) is 1.25. The summed E-state index contributed by atoms with van der Waals surface area (Å²) in [6.07, 6.45) is 3.66. The molecule has 0 radical (unpaired) electrons. The molecule has 1 saturated carbocycles. The fraction of sp³-hybridized carbons (Fsp3) is 1.00. The van der Waals surface area contributed by atoms with Gasteiger partial charge in [0.1, 0.15) is 0 Å². The largest absolute Gasteiger partial charge is 0.735 e. The van der Waals surface area contributed by atoms with Gasteiger partial charge >= 0.3 is 0 Å². The molecular weight excluding hydrogens is 154 g/mol. The number of hydrogen-bond donors (Lipinski definition) is 1. The third kappa shape index (κ3) is 2.64. The van der Waals surface area contributed by atoms with E-state index >= 15 is 0 Å². The van der Waals surface area contributed by atoms with Crippen molar-refractivity contribution >= 4 is 10.3 Å². The number of nitrogens with one attached hydrogen (secondary N) is 1. The lowest BCUT2D eigenvalue weighted by Gasteiger charge is -2.14. The molecule has 1 fully saturated rings. The topological polar surface area (TPSA) is 69.2 Å². The van der Waals surface area contributed by atoms with Gasteiger partial charge in [0.25, 0.3) is 0 Å². The summed E-state index contributed by atoms with van der Waals surface area (Å²) in [5.74, 6) is 0. The van der Waals surface area contributed by atoms with Crippen molar-refractivity contribution in [1.29, 1.82) is 0 Å². The summed E-state index contributed by atoms with van der Waals surface area (Å²) in [5.41, 5.74) is 0. The van der Waals surface area contributed by atoms with Crippen LogP contribution in [0.5, 0.6) is 0 Å². The maximum Gasteiger partial charge on any atom is 0.159 e. The van der Waals surface area contributed by atoms with Crippen molar-refractivity contribution in [2.24, 2.45) is 0 Å². The minimum atomic E-state index is -4.21. The zero-order valence-electron chi connectivity index (χ0n) is 5.54. The van der Waals surface area contributed by atoms with Gasteiger partial charge < -0.3 is 4.55 Å². The lowest BCUT2D eigenvalue weighted by Crippen LogP contribution is -2.31. The van der Waals surface area contributed by atoms with Crippen molar-refractivity contribution in [3.05, 3.63) is 0 Å². The first kappa shape index (κ1) is 7.97. The maximum atomic E-state index is 10.1. The average molecular weight is 164 g/mol. The van der Waals surface area contributed by atoms with E-state index < -0.39 is 10.3 Å². The summed E-state index contributed by atoms with van der Waals surface area (Å²) in [4.78, 5) is 0. The van der Waals surface area contributed by atoms with Crippen LogP contribution >= 0.6 is 0 Å². The van der Waals surface area contributed by atoms with Crippen LogP contribution in [0.2, 0.25) is 0 Å². The molecule has 1 N–H and O–H groups in total. The molecule has 0 unspecified atom stereocenters. The highest BCUT2D eigenvalue weighted by Gasteiger charge is 2.15. The van der Waals surface area contributed by atoms with Crippen LogP contribution in [0.4, 0.5) is 0 Å². The number of hydrogen-bond acceptors (Lipinski definition) is 3. The van der Waals surface area contributed by atoms with E-state index in [9.17, 15) is 13.0 Å². The van der Waals surface area contributed by atoms with E-state index in [2.05, 4.69) is 0 Å². The van der Waals surface area contributed by atoms with Crippen molar-refractivity contribution < 1.29 is 13.0 Å². The van der Waals surface area contributed by atoms with E-state index in [0.717, 1.165) is 25.7 Å². The fourth-order valence-corrected chi connectivity index (χ4v) is 1.89. The molecule has 10 heavy (non-hydrogen) atoms. The van der Waals surface area contributed by atoms with Gasteiger partial charge in [0.2, 0.25) is 0 Å². The van der Waals surface area contributed by atoms with Crippen LogP contribution < -0.4 is 4.72 Å². The van der Waals surface area contributed by atoms with Crippen LogP contribution in [0.25, 0.3) is 0 Å². The van der Waals surface area contributed by atoms with Gasteiger partial charge in [-0.1, -0.05) is 12.8 Å². The molecule has 1 rings (SSSR count). The van der Waals surface area contributed by atoms with E-state index in [0.29, 0.717) is 0 Å². The van der Waals surface area contributed by atoms with E-state index in [-0.39, 0.29) is 6.04 Å². The summed E-state index contributed by atoms with van der Waals surface area (Å²) >= 11 is 0. The molecule has 1 aliphatic rings. The molecule has 0 spiro atoms. The molecule has 0 atom stereocenters. The molecule has 0 aromatic heterocycles. The molecule has 60 valence electrons. The van der Waals surface area contributed by atoms with Gasteiger partial charge in [0.05, 0.1) is 0 Å². The highest BCUT2D eigenvalue weighted by Crippen LogP contribution is 2.17. The monoisotopic (exact) mass is 164 g/mol. The molecule has 0 bridgehead atoms. The molecule has 0 saturated heterocycles. The lowest BCUT2D eigenvalue weighted by atomic mass is 10.3. The van der Waals surface area contributed by atoms with Crippen molar-refractivity contribution in [2.45, 2.75) is 31.7 Å². The van der Waals surface area contributed by atoms with Crippen LogP contribution in [-0.4, -0.2) is 19.0 Å². The Morgan fingerprint density at radius 3 is 2.20 bits per heavy atom. The predicted molar refractivity (Wildman–Crippen MR) is 35.1 cm³/mol. The van der Waals surface area contributed by atoms with E-state index in [1.807, 2.05) is 4.72 Å². The van der Waals surface area contributed by atoms with E-state index in [1.165, 1.54) is 0 Å². The van der Waals surface area contributed by atoms with Gasteiger partial charge in [0, 0.05) is 6.04 Å². The van der Waals surface area contributed by atoms with Crippen LogP contribution in [-0.2, 0) is 10.3 Å². The molecule has 0 heterocycles. The minimum absolute atomic E-state index is 0.0949. The Hall–Kier alpha value is -0.130. The molecule has 0 aromatic carbocycles. The second-order valence-corrected chi connectivity index (χ2v) is 3.70. The van der Waals surface area contributed by atoms with Crippen molar-refractivity contribution in [3.63, 3.8) is 0 Å². The van der Waals surface area contributed by atoms with Crippen molar-refractivity contribution in [2.75, 3.05) is 0 Å². The smallest absolute Gasteiger partial charge is 0.159 e. The van der Waals surface area contributed by atoms with Gasteiger partial charge in [-0.3, -0.25) is 0 Å². The minimum Gasteiger partial charge on any atom is -0.735 e. The highest BCUT2D eigenvalue weighted by molar-refractivity contribution is 7.83. The van der Waals surface area contributed by atoms with E-state index in [1.54, 1.807) is 0 Å². The Labute approximate surface area is 60.5 Å². The van der Waals surface area contributed by atoms with Crippen LogP contribution in [0, 0.1) is 0 Å². The van der Waals surface area contributed by atoms with Crippen molar-refractivity contribution in [3.8, 4) is 0 Å². The quantitative estimate of drug-likeness (QED) is 0.583. The number of rotatable bonds is 2. The predicted octanol–water partition coefficient (Wildman–Crippen LogP) is -0.0212. The summed E-state index contributed by atoms with van der Waals surface area (Å²) in [6.45, 7) is 0. The normalized spacial score (nSPS) is 21.7. The third-order valence-corrected chi connectivity index (χ3v) is 2.29. The SMILES string of the molecule is O=S(=O)([O-])NC1CCCC1. The second kappa shape index (κ2) is 2.86. The third-order valence-electron chi connectivity index (χ3n) is 1.67. The lowest BCUT2D eigenvalue weighted by molar-refractivity contribution is 0.434. The standard InChI is InChI=1S/C5H11NO3S/c7-10(8,9)6-5-3-1-2-4-5/h5-6H,1-4H2,(H,7,8,9)/p-1. The van der Waals surface area contributed by atoms with Crippen LogP contribution in [0.15, 0.2) is 0 Å². The molecule has 0 amide bonds. The second-order valence-electron chi connectivity index (χ2n) is 2.55. The molecule has 0 aliphatic heterocycles. The van der Waals surface area contributed by atoms with Crippen LogP contribution in [0.3, 0.4) is 0 Å². The van der Waals surface area contributed by atoms with Gasteiger partial charge in [0.15, 0.2) is 10.3 Å². The van der Waals surface area contributed by atoms with Gasteiger partial charge in [-0.25, -0.2) is 13.1 Å². The summed E-state index contributed by atoms with van der Waals surface area (Å²) in [6, 6.07) is -0.0949. The Morgan fingerprint density at radius 2 is 1.80 bits per heavy atom. The molecule has 5 heteroatoms. The summed E-state index contributed by atoms with van der Waals surface area (Å²) in [5, 5.41) is 0. The summed E-state index contributed by atoms with van der Waals surface area (Å²) < 4.78 is 32.4. The molecular formula is C5H10NO3S-. The average Bonchev–Trinajstić information content (AvgIpc) is 2.12. The molecule has 1 aliphatic carbocycles. The van der Waals surface area contributed by atoms with Gasteiger partial charge in [-0.15, -0.1) is 0 Å². The zero-order valence-corrected chi connectivity index (χ0v) is 6.36. The Morgan fingerprint density at radius 1 is 1.30 bits per heavy atom. The maximum absolute atomic E-state index is 10.1. The Balaban J connectivity index is 2.38. The molecule has 0 aromatic rings. The first-order chi connectivity index (χ1) is 4.58. The van der Waals surface area contributed by atoms with Gasteiger partial charge in [-0.2, -0.15) is 0 Å². The zero-order chi connectivity index (χ0) is 7.61. The van der Waals surface area contributed by atoms with Crippen molar-refractivity contribution in [1.82, 2.24) is 4.72 Å². The first-order valence-corrected chi connectivity index (χ1v) is 4.72. The van der Waals surface area contributed by atoms with Gasteiger partial charge in [-0.05, 0) is 12.8 Å². The first-order valence-electron chi connectivity index (χ1n) is 3.31.